The van der Waals surface area contributed by atoms with E-state index in [2.05, 4.69) is 5.32 Å². The molecule has 1 amide bonds. The minimum atomic E-state index is -0.262. The van der Waals surface area contributed by atoms with E-state index >= 15 is 0 Å². The topological polar surface area (TPSA) is 49.3 Å². The zero-order chi connectivity index (χ0) is 14.0. The second-order valence-electron chi connectivity index (χ2n) is 4.39. The first-order valence-corrected chi connectivity index (χ1v) is 6.23. The summed E-state index contributed by atoms with van der Waals surface area (Å²) < 4.78 is 0. The number of rotatable bonds is 2. The van der Waals surface area contributed by atoms with E-state index in [-0.39, 0.29) is 11.7 Å². The first-order chi connectivity index (χ1) is 8.99. The van der Waals surface area contributed by atoms with Gasteiger partial charge in [0, 0.05) is 5.69 Å². The Morgan fingerprint density at radius 2 is 1.74 bits per heavy atom. The zero-order valence-electron chi connectivity index (χ0n) is 10.7. The van der Waals surface area contributed by atoms with Gasteiger partial charge in [-0.2, -0.15) is 0 Å². The van der Waals surface area contributed by atoms with E-state index in [9.17, 15) is 9.90 Å². The van der Waals surface area contributed by atoms with Gasteiger partial charge in [-0.15, -0.1) is 0 Å². The molecule has 0 bridgehead atoms. The van der Waals surface area contributed by atoms with Crippen molar-refractivity contribution in [1.82, 2.24) is 0 Å². The average Bonchev–Trinajstić information content (AvgIpc) is 2.34. The summed E-state index contributed by atoms with van der Waals surface area (Å²) in [4.78, 5) is 12.2. The molecule has 0 atom stereocenters. The molecular weight excluding hydrogens is 262 g/mol. The number of aryl methyl sites for hydroxylation is 2. The maximum absolute atomic E-state index is 12.2. The van der Waals surface area contributed by atoms with Crippen molar-refractivity contribution < 1.29 is 9.90 Å². The Morgan fingerprint density at radius 1 is 1.16 bits per heavy atom. The molecule has 0 saturated carbocycles. The van der Waals surface area contributed by atoms with Crippen molar-refractivity contribution in [2.24, 2.45) is 0 Å². The highest BCUT2D eigenvalue weighted by atomic mass is 35.5. The van der Waals surface area contributed by atoms with E-state index in [0.29, 0.717) is 16.3 Å². The predicted octanol–water partition coefficient (Wildman–Crippen LogP) is 3.91. The smallest absolute Gasteiger partial charge is 0.257 e. The van der Waals surface area contributed by atoms with Gasteiger partial charge in [-0.3, -0.25) is 4.79 Å². The molecule has 0 radical (unpaired) electrons. The maximum Gasteiger partial charge on any atom is 0.257 e. The van der Waals surface area contributed by atoms with E-state index < -0.39 is 0 Å². The van der Waals surface area contributed by atoms with Crippen LogP contribution in [-0.4, -0.2) is 11.0 Å². The molecule has 2 aromatic carbocycles. The van der Waals surface area contributed by atoms with Crippen molar-refractivity contribution in [1.29, 1.82) is 0 Å². The van der Waals surface area contributed by atoms with Gasteiger partial charge in [-0.1, -0.05) is 23.7 Å². The lowest BCUT2D eigenvalue weighted by Crippen LogP contribution is -2.14. The van der Waals surface area contributed by atoms with Crippen LogP contribution in [0.4, 0.5) is 5.69 Å². The van der Waals surface area contributed by atoms with Crippen LogP contribution in [0.1, 0.15) is 21.5 Å². The van der Waals surface area contributed by atoms with Crippen molar-refractivity contribution in [2.75, 3.05) is 5.32 Å². The third kappa shape index (κ3) is 2.88. The maximum atomic E-state index is 12.2. The van der Waals surface area contributed by atoms with Gasteiger partial charge in [0.1, 0.15) is 5.75 Å². The lowest BCUT2D eigenvalue weighted by Gasteiger charge is -2.12. The van der Waals surface area contributed by atoms with Crippen LogP contribution in [-0.2, 0) is 0 Å². The molecule has 0 saturated heterocycles. The zero-order valence-corrected chi connectivity index (χ0v) is 11.5. The molecule has 2 N–H and O–H groups in total. The van der Waals surface area contributed by atoms with Gasteiger partial charge in [0.25, 0.3) is 5.91 Å². The highest BCUT2D eigenvalue weighted by Crippen LogP contribution is 2.26. The van der Waals surface area contributed by atoms with Gasteiger partial charge < -0.3 is 10.4 Å². The van der Waals surface area contributed by atoms with Gasteiger partial charge in [-0.05, 0) is 49.2 Å². The number of carbonyl (C=O) groups excluding carboxylic acids is 1. The molecular formula is C15H14ClNO2. The lowest BCUT2D eigenvalue weighted by molar-refractivity contribution is 0.102. The first kappa shape index (κ1) is 13.4. The SMILES string of the molecule is Cc1cc(O)cc(C)c1NC(=O)c1ccccc1Cl. The van der Waals surface area contributed by atoms with Gasteiger partial charge in [0.05, 0.1) is 10.6 Å². The molecule has 0 aliphatic heterocycles. The Bertz CT molecular complexity index is 615. The summed E-state index contributed by atoms with van der Waals surface area (Å²) in [5.41, 5.74) is 2.73. The van der Waals surface area contributed by atoms with E-state index in [4.69, 9.17) is 11.6 Å². The van der Waals surface area contributed by atoms with Crippen LogP contribution >= 0.6 is 11.6 Å². The van der Waals surface area contributed by atoms with Gasteiger partial charge >= 0.3 is 0 Å². The number of hydrogen-bond acceptors (Lipinski definition) is 2. The van der Waals surface area contributed by atoms with Crippen molar-refractivity contribution in [3.63, 3.8) is 0 Å². The van der Waals surface area contributed by atoms with E-state index in [1.807, 2.05) is 13.8 Å². The largest absolute Gasteiger partial charge is 0.508 e. The fourth-order valence-corrected chi connectivity index (χ4v) is 2.19. The molecule has 0 aliphatic rings. The lowest BCUT2D eigenvalue weighted by atomic mass is 10.1. The average molecular weight is 276 g/mol. The van der Waals surface area contributed by atoms with E-state index in [0.717, 1.165) is 11.1 Å². The summed E-state index contributed by atoms with van der Waals surface area (Å²) in [5.74, 6) is -0.0757. The summed E-state index contributed by atoms with van der Waals surface area (Å²) in [7, 11) is 0. The summed E-state index contributed by atoms with van der Waals surface area (Å²) in [5, 5.41) is 12.7. The molecule has 0 aromatic heterocycles. The van der Waals surface area contributed by atoms with Crippen molar-refractivity contribution in [3.05, 3.63) is 58.1 Å². The highest BCUT2D eigenvalue weighted by molar-refractivity contribution is 6.34. The number of phenolic OH excluding ortho intramolecular Hbond substituents is 1. The molecule has 0 aliphatic carbocycles. The van der Waals surface area contributed by atoms with Gasteiger partial charge in [0.15, 0.2) is 0 Å². The van der Waals surface area contributed by atoms with Crippen LogP contribution < -0.4 is 5.32 Å². The molecule has 3 nitrogen and oxygen atoms in total. The van der Waals surface area contributed by atoms with Crippen LogP contribution in [0.2, 0.25) is 5.02 Å². The molecule has 2 aromatic rings. The Kier molecular flexibility index (Phi) is 3.76. The van der Waals surface area contributed by atoms with Crippen LogP contribution in [0.15, 0.2) is 36.4 Å². The number of phenols is 1. The second-order valence-corrected chi connectivity index (χ2v) is 4.80. The number of nitrogens with one attached hydrogen (secondary N) is 1. The number of anilines is 1. The first-order valence-electron chi connectivity index (χ1n) is 5.85. The third-order valence-electron chi connectivity index (χ3n) is 2.87. The quantitative estimate of drug-likeness (QED) is 0.816. The summed E-state index contributed by atoms with van der Waals surface area (Å²) >= 11 is 5.99. The molecule has 0 spiro atoms. The van der Waals surface area contributed by atoms with Crippen molar-refractivity contribution >= 4 is 23.2 Å². The Labute approximate surface area is 116 Å². The number of halogens is 1. The Hall–Kier alpha value is -2.00. The van der Waals surface area contributed by atoms with Crippen LogP contribution in [0, 0.1) is 13.8 Å². The number of benzene rings is 2. The number of carbonyl (C=O) groups is 1. The Balaban J connectivity index is 2.32. The second kappa shape index (κ2) is 5.33. The minimum Gasteiger partial charge on any atom is -0.508 e. The van der Waals surface area contributed by atoms with Crippen LogP contribution in [0.5, 0.6) is 5.75 Å². The molecule has 4 heteroatoms. The van der Waals surface area contributed by atoms with Crippen molar-refractivity contribution in [2.45, 2.75) is 13.8 Å². The van der Waals surface area contributed by atoms with E-state index in [1.165, 1.54) is 0 Å². The number of amides is 1. The summed E-state index contributed by atoms with van der Waals surface area (Å²) in [6, 6.07) is 10.1. The predicted molar refractivity (Wildman–Crippen MR) is 77.0 cm³/mol. The monoisotopic (exact) mass is 275 g/mol. The standard InChI is InChI=1S/C15H14ClNO2/c1-9-7-11(18)8-10(2)14(9)17-15(19)12-5-3-4-6-13(12)16/h3-8,18H,1-2H3,(H,17,19). The molecule has 2 rings (SSSR count). The summed E-state index contributed by atoms with van der Waals surface area (Å²) in [6.07, 6.45) is 0. The third-order valence-corrected chi connectivity index (χ3v) is 3.20. The van der Waals surface area contributed by atoms with Gasteiger partial charge in [-0.25, -0.2) is 0 Å². The van der Waals surface area contributed by atoms with Crippen molar-refractivity contribution in [3.8, 4) is 5.75 Å². The molecule has 0 heterocycles. The van der Waals surface area contributed by atoms with E-state index in [1.54, 1.807) is 36.4 Å². The Morgan fingerprint density at radius 3 is 2.32 bits per heavy atom. The number of aromatic hydroxyl groups is 1. The normalized spacial score (nSPS) is 10.3. The molecule has 0 unspecified atom stereocenters. The summed E-state index contributed by atoms with van der Waals surface area (Å²) in [6.45, 7) is 3.66. The highest BCUT2D eigenvalue weighted by Gasteiger charge is 2.13. The fourth-order valence-electron chi connectivity index (χ4n) is 1.96. The van der Waals surface area contributed by atoms with Crippen LogP contribution in [0.3, 0.4) is 0 Å². The molecule has 19 heavy (non-hydrogen) atoms. The fraction of sp³-hybridized carbons (Fsp3) is 0.133. The van der Waals surface area contributed by atoms with Crippen LogP contribution in [0.25, 0.3) is 0 Å². The molecule has 98 valence electrons. The van der Waals surface area contributed by atoms with Gasteiger partial charge in [0.2, 0.25) is 0 Å². The number of hydrogen-bond donors (Lipinski definition) is 2. The molecule has 0 fully saturated rings. The minimum absolute atomic E-state index is 0.186.